The van der Waals surface area contributed by atoms with Crippen LogP contribution in [0, 0.1) is 0 Å². The summed E-state index contributed by atoms with van der Waals surface area (Å²) in [6.45, 7) is 8.95. The zero-order chi connectivity index (χ0) is 23.3. The number of imidazole rings is 1. The summed E-state index contributed by atoms with van der Waals surface area (Å²) in [5, 5.41) is 3.03. The van der Waals surface area contributed by atoms with Gasteiger partial charge in [-0.25, -0.2) is 9.78 Å². The van der Waals surface area contributed by atoms with Gasteiger partial charge in [-0.2, -0.15) is 0 Å². The number of nitrogens with zero attached hydrogens (tertiary/aromatic N) is 4. The van der Waals surface area contributed by atoms with Gasteiger partial charge in [-0.3, -0.25) is 14.1 Å². The Morgan fingerprint density at radius 3 is 2.44 bits per heavy atom. The van der Waals surface area contributed by atoms with Gasteiger partial charge in [0.25, 0.3) is 5.91 Å². The predicted octanol–water partition coefficient (Wildman–Crippen LogP) is 4.16. The Hall–Kier alpha value is -3.35. The molecule has 1 N–H and O–H groups in total. The van der Waals surface area contributed by atoms with Crippen molar-refractivity contribution in [2.75, 3.05) is 25.0 Å². The number of fused-ring (bicyclic) bond motifs is 1. The molecule has 2 heterocycles. The van der Waals surface area contributed by atoms with Gasteiger partial charge in [-0.1, -0.05) is 37.3 Å². The Morgan fingerprint density at radius 1 is 1.09 bits per heavy atom. The van der Waals surface area contributed by atoms with Crippen LogP contribution in [0.1, 0.15) is 49.3 Å². The largest absolute Gasteiger partial charge is 0.339 e. The highest BCUT2D eigenvalue weighted by atomic mass is 16.2. The van der Waals surface area contributed by atoms with Crippen LogP contribution in [0.4, 0.5) is 10.6 Å². The minimum absolute atomic E-state index is 0.0602. The molecule has 170 valence electrons. The van der Waals surface area contributed by atoms with Crippen LogP contribution >= 0.6 is 0 Å². The average molecular weight is 436 g/mol. The van der Waals surface area contributed by atoms with Crippen molar-refractivity contribution >= 4 is 23.4 Å². The molecule has 0 saturated heterocycles. The average Bonchev–Trinajstić information content (AvgIpc) is 3.17. The second kappa shape index (κ2) is 10.3. The van der Waals surface area contributed by atoms with E-state index in [1.165, 1.54) is 5.56 Å². The van der Waals surface area contributed by atoms with E-state index in [-0.39, 0.29) is 18.0 Å². The summed E-state index contributed by atoms with van der Waals surface area (Å²) in [6.07, 6.45) is 3.23. The molecular formula is C25H33N5O2. The molecule has 3 aromatic rings. The SMILES string of the molecule is CCc1nc2ccc(C(=O)N(C)C(C)C)cn2c1N(CC)C(=O)NCCc1ccccc1. The second-order valence-electron chi connectivity index (χ2n) is 8.10. The molecule has 0 aliphatic carbocycles. The van der Waals surface area contributed by atoms with Crippen LogP contribution in [0.5, 0.6) is 0 Å². The first-order valence-corrected chi connectivity index (χ1v) is 11.2. The number of hydrogen-bond donors (Lipinski definition) is 1. The van der Waals surface area contributed by atoms with E-state index < -0.39 is 0 Å². The van der Waals surface area contributed by atoms with Crippen molar-refractivity contribution in [3.8, 4) is 0 Å². The molecule has 0 unspecified atom stereocenters. The van der Waals surface area contributed by atoms with Crippen LogP contribution in [0.3, 0.4) is 0 Å². The zero-order valence-electron chi connectivity index (χ0n) is 19.6. The number of carbonyl (C=O) groups is 2. The molecule has 0 fully saturated rings. The van der Waals surface area contributed by atoms with E-state index in [1.807, 2.05) is 56.4 Å². The Bertz CT molecular complexity index is 1070. The van der Waals surface area contributed by atoms with Crippen molar-refractivity contribution < 1.29 is 9.59 Å². The number of urea groups is 1. The van der Waals surface area contributed by atoms with Gasteiger partial charge in [0.2, 0.25) is 0 Å². The van der Waals surface area contributed by atoms with Gasteiger partial charge < -0.3 is 10.2 Å². The topological polar surface area (TPSA) is 70.0 Å². The Kier molecular flexibility index (Phi) is 7.51. The van der Waals surface area contributed by atoms with Crippen molar-refractivity contribution in [2.24, 2.45) is 0 Å². The third kappa shape index (κ3) is 4.93. The maximum absolute atomic E-state index is 13.1. The number of aromatic nitrogens is 2. The standard InChI is InChI=1S/C25H33N5O2/c1-6-21-23(29(7-2)25(32)26-16-15-19-11-9-8-10-12-19)30-17-20(13-14-22(30)27-21)24(31)28(5)18(3)4/h8-14,17-18H,6-7,15-16H2,1-5H3,(H,26,32). The van der Waals surface area contributed by atoms with Crippen LogP contribution < -0.4 is 10.2 Å². The smallest absolute Gasteiger partial charge is 0.323 e. The van der Waals surface area contributed by atoms with Crippen LogP contribution in [0.25, 0.3) is 5.65 Å². The lowest BCUT2D eigenvalue weighted by molar-refractivity contribution is 0.0754. The quantitative estimate of drug-likeness (QED) is 0.578. The number of rotatable bonds is 8. The summed E-state index contributed by atoms with van der Waals surface area (Å²) in [7, 11) is 1.79. The number of aryl methyl sites for hydroxylation is 1. The van der Waals surface area contributed by atoms with Crippen molar-refractivity contribution in [1.82, 2.24) is 19.6 Å². The first kappa shape index (κ1) is 23.3. The summed E-state index contributed by atoms with van der Waals surface area (Å²) in [5.74, 6) is 0.652. The van der Waals surface area contributed by atoms with E-state index >= 15 is 0 Å². The highest BCUT2D eigenvalue weighted by Gasteiger charge is 2.23. The predicted molar refractivity (Wildman–Crippen MR) is 128 cm³/mol. The van der Waals surface area contributed by atoms with Gasteiger partial charge in [0.15, 0.2) is 0 Å². The molecule has 0 radical (unpaired) electrons. The molecule has 7 nitrogen and oxygen atoms in total. The molecule has 0 saturated carbocycles. The monoisotopic (exact) mass is 435 g/mol. The fourth-order valence-electron chi connectivity index (χ4n) is 3.61. The second-order valence-corrected chi connectivity index (χ2v) is 8.10. The minimum Gasteiger partial charge on any atom is -0.339 e. The van der Waals surface area contributed by atoms with Crippen LogP contribution in [0.2, 0.25) is 0 Å². The fourth-order valence-corrected chi connectivity index (χ4v) is 3.61. The van der Waals surface area contributed by atoms with E-state index in [1.54, 1.807) is 29.1 Å². The fraction of sp³-hybridized carbons (Fsp3) is 0.400. The van der Waals surface area contributed by atoms with E-state index in [2.05, 4.69) is 17.4 Å². The van der Waals surface area contributed by atoms with Gasteiger partial charge in [-0.05, 0) is 51.3 Å². The third-order valence-electron chi connectivity index (χ3n) is 5.69. The Labute approximate surface area is 190 Å². The molecule has 7 heteroatoms. The maximum atomic E-state index is 13.1. The maximum Gasteiger partial charge on any atom is 0.323 e. The van der Waals surface area contributed by atoms with Crippen LogP contribution in [0.15, 0.2) is 48.7 Å². The number of amides is 3. The molecular weight excluding hydrogens is 402 g/mol. The normalized spacial score (nSPS) is 11.1. The Balaban J connectivity index is 1.88. The van der Waals surface area contributed by atoms with E-state index in [9.17, 15) is 9.59 Å². The summed E-state index contributed by atoms with van der Waals surface area (Å²) in [5.41, 5.74) is 3.29. The molecule has 2 aromatic heterocycles. The first-order valence-electron chi connectivity index (χ1n) is 11.2. The summed E-state index contributed by atoms with van der Waals surface area (Å²) in [4.78, 5) is 34.1. The number of hydrogen-bond acceptors (Lipinski definition) is 3. The lowest BCUT2D eigenvalue weighted by atomic mass is 10.1. The van der Waals surface area contributed by atoms with Crippen molar-refractivity contribution in [1.29, 1.82) is 0 Å². The van der Waals surface area contributed by atoms with Gasteiger partial charge >= 0.3 is 6.03 Å². The van der Waals surface area contributed by atoms with Gasteiger partial charge in [-0.15, -0.1) is 0 Å². The highest BCUT2D eigenvalue weighted by Crippen LogP contribution is 2.24. The summed E-state index contributed by atoms with van der Waals surface area (Å²) in [6, 6.07) is 13.6. The van der Waals surface area contributed by atoms with Crippen molar-refractivity contribution in [2.45, 2.75) is 46.6 Å². The molecule has 0 aliphatic rings. The lowest BCUT2D eigenvalue weighted by Gasteiger charge is -2.23. The third-order valence-corrected chi connectivity index (χ3v) is 5.69. The minimum atomic E-state index is -0.170. The van der Waals surface area contributed by atoms with Crippen molar-refractivity contribution in [3.63, 3.8) is 0 Å². The van der Waals surface area contributed by atoms with Crippen molar-refractivity contribution in [3.05, 3.63) is 65.5 Å². The zero-order valence-corrected chi connectivity index (χ0v) is 19.6. The number of nitrogens with one attached hydrogen (secondary N) is 1. The summed E-state index contributed by atoms with van der Waals surface area (Å²) < 4.78 is 1.86. The van der Waals surface area contributed by atoms with Crippen LogP contribution in [-0.4, -0.2) is 52.4 Å². The highest BCUT2D eigenvalue weighted by molar-refractivity contribution is 5.95. The van der Waals surface area contributed by atoms with Gasteiger partial charge in [0.05, 0.1) is 11.3 Å². The number of carbonyl (C=O) groups excluding carboxylic acids is 2. The molecule has 0 spiro atoms. The van der Waals surface area contributed by atoms with E-state index in [0.717, 1.165) is 17.8 Å². The molecule has 3 rings (SSSR count). The molecule has 32 heavy (non-hydrogen) atoms. The number of benzene rings is 1. The van der Waals surface area contributed by atoms with E-state index in [0.29, 0.717) is 30.9 Å². The Morgan fingerprint density at radius 2 is 1.81 bits per heavy atom. The van der Waals surface area contributed by atoms with E-state index in [4.69, 9.17) is 4.98 Å². The molecule has 0 bridgehead atoms. The lowest BCUT2D eigenvalue weighted by Crippen LogP contribution is -2.42. The number of anilines is 1. The first-order chi connectivity index (χ1) is 15.4. The molecule has 0 aliphatic heterocycles. The molecule has 0 atom stereocenters. The van der Waals surface area contributed by atoms with Gasteiger partial charge in [0.1, 0.15) is 11.5 Å². The number of pyridine rings is 1. The molecule has 3 amide bonds. The summed E-state index contributed by atoms with van der Waals surface area (Å²) >= 11 is 0. The van der Waals surface area contributed by atoms with Crippen LogP contribution in [-0.2, 0) is 12.8 Å². The molecule has 1 aromatic carbocycles. The van der Waals surface area contributed by atoms with Gasteiger partial charge in [0, 0.05) is 32.4 Å².